The molecule has 4 aromatic rings. The maximum absolute atomic E-state index is 12.3. The minimum Gasteiger partial charge on any atom is -0.507 e. The lowest BCUT2D eigenvalue weighted by Crippen LogP contribution is -2.01. The number of anilines is 1. The number of methoxy groups -OCH3 is 1. The van der Waals surface area contributed by atoms with Gasteiger partial charge >= 0.3 is 5.63 Å². The van der Waals surface area contributed by atoms with E-state index >= 15 is 0 Å². The zero-order valence-electron chi connectivity index (χ0n) is 14.7. The van der Waals surface area contributed by atoms with Crippen molar-refractivity contribution in [1.82, 2.24) is 4.98 Å². The van der Waals surface area contributed by atoms with Gasteiger partial charge in [0.25, 0.3) is 0 Å². The number of phenolic OH excluding ortho intramolecular Hbond substituents is 1. The number of fused-ring (bicyclic) bond motifs is 1. The molecule has 0 radical (unpaired) electrons. The third kappa shape index (κ3) is 3.58. The molecule has 0 bridgehead atoms. The number of ether oxygens (including phenoxy) is 1. The second-order valence-corrected chi connectivity index (χ2v) is 6.84. The topological polar surface area (TPSA) is 97.0 Å². The first-order valence-electron chi connectivity index (χ1n) is 8.29. The summed E-state index contributed by atoms with van der Waals surface area (Å²) in [5.41, 5.74) is 3.84. The van der Waals surface area contributed by atoms with E-state index in [1.807, 2.05) is 0 Å². The van der Waals surface area contributed by atoms with Crippen LogP contribution >= 0.6 is 11.3 Å². The fraction of sp³-hybridized carbons (Fsp3) is 0.0500. The van der Waals surface area contributed by atoms with Gasteiger partial charge in [-0.25, -0.2) is 9.78 Å². The fourth-order valence-corrected chi connectivity index (χ4v) is 3.37. The minimum atomic E-state index is -0.439. The highest BCUT2D eigenvalue weighted by Gasteiger charge is 2.12. The van der Waals surface area contributed by atoms with Gasteiger partial charge in [-0.15, -0.1) is 0 Å². The van der Waals surface area contributed by atoms with Crippen LogP contribution in [-0.2, 0) is 0 Å². The first-order chi connectivity index (χ1) is 13.6. The summed E-state index contributed by atoms with van der Waals surface area (Å²) in [7, 11) is 1.58. The lowest BCUT2D eigenvalue weighted by atomic mass is 10.1. The number of rotatable bonds is 5. The number of phenols is 1. The number of hydrazone groups is 1. The Morgan fingerprint density at radius 3 is 2.93 bits per heavy atom. The van der Waals surface area contributed by atoms with E-state index in [0.717, 1.165) is 5.39 Å². The number of aromatic hydroxyl groups is 1. The quantitative estimate of drug-likeness (QED) is 0.301. The van der Waals surface area contributed by atoms with E-state index in [9.17, 15) is 9.90 Å². The van der Waals surface area contributed by atoms with Gasteiger partial charge in [0, 0.05) is 17.1 Å². The first-order valence-corrected chi connectivity index (χ1v) is 9.11. The highest BCUT2D eigenvalue weighted by Crippen LogP contribution is 2.30. The Morgan fingerprint density at radius 2 is 2.11 bits per heavy atom. The molecule has 0 aliphatic rings. The molecule has 7 nitrogen and oxygen atoms in total. The summed E-state index contributed by atoms with van der Waals surface area (Å²) >= 11 is 1.27. The van der Waals surface area contributed by atoms with E-state index in [2.05, 4.69) is 15.5 Å². The number of nitrogens with one attached hydrogen (secondary N) is 1. The zero-order chi connectivity index (χ0) is 19.5. The van der Waals surface area contributed by atoms with E-state index in [4.69, 9.17) is 9.15 Å². The predicted octanol–water partition coefficient (Wildman–Crippen LogP) is 4.08. The van der Waals surface area contributed by atoms with E-state index in [1.165, 1.54) is 17.6 Å². The van der Waals surface area contributed by atoms with Crippen LogP contribution in [0.5, 0.6) is 11.5 Å². The maximum atomic E-state index is 12.3. The van der Waals surface area contributed by atoms with Crippen LogP contribution in [0.15, 0.2) is 69.0 Å². The number of hydrogen-bond donors (Lipinski definition) is 2. The van der Waals surface area contributed by atoms with E-state index in [1.54, 1.807) is 61.8 Å². The minimum absolute atomic E-state index is 0.136. The third-order valence-electron chi connectivity index (χ3n) is 4.01. The number of thiazole rings is 1. The average Bonchev–Trinajstić information content (AvgIpc) is 3.17. The van der Waals surface area contributed by atoms with Crippen molar-refractivity contribution < 1.29 is 14.3 Å². The van der Waals surface area contributed by atoms with Gasteiger partial charge in [-0.3, -0.25) is 5.43 Å². The Kier molecular flexibility index (Phi) is 4.77. The molecule has 0 aliphatic carbocycles. The van der Waals surface area contributed by atoms with E-state index in [-0.39, 0.29) is 5.75 Å². The molecule has 2 heterocycles. The molecule has 8 heteroatoms. The van der Waals surface area contributed by atoms with Gasteiger partial charge in [0.15, 0.2) is 0 Å². The van der Waals surface area contributed by atoms with Crippen LogP contribution in [0.25, 0.3) is 21.4 Å². The molecule has 140 valence electrons. The third-order valence-corrected chi connectivity index (χ3v) is 4.95. The van der Waals surface area contributed by atoms with Crippen molar-refractivity contribution in [3.05, 3.63) is 70.7 Å². The summed E-state index contributed by atoms with van der Waals surface area (Å²) in [5.74, 6) is 0.814. The van der Waals surface area contributed by atoms with Gasteiger partial charge in [0.05, 0.1) is 23.8 Å². The molecule has 0 saturated heterocycles. The molecule has 0 atom stereocenters. The summed E-state index contributed by atoms with van der Waals surface area (Å²) in [5, 5.41) is 15.1. The second-order valence-electron chi connectivity index (χ2n) is 5.81. The fourth-order valence-electron chi connectivity index (χ4n) is 2.60. The Balaban J connectivity index is 1.59. The van der Waals surface area contributed by atoms with E-state index in [0.29, 0.717) is 32.5 Å². The van der Waals surface area contributed by atoms with Crippen LogP contribution in [-0.4, -0.2) is 23.4 Å². The van der Waals surface area contributed by atoms with Crippen molar-refractivity contribution in [3.8, 4) is 21.9 Å². The van der Waals surface area contributed by atoms with Gasteiger partial charge in [0.2, 0.25) is 5.13 Å². The highest BCUT2D eigenvalue weighted by molar-refractivity contribution is 7.18. The molecular weight excluding hydrogens is 378 g/mol. The maximum Gasteiger partial charge on any atom is 0.345 e. The number of para-hydroxylation sites is 1. The molecule has 2 aromatic carbocycles. The number of benzene rings is 2. The van der Waals surface area contributed by atoms with Gasteiger partial charge in [-0.1, -0.05) is 23.5 Å². The lowest BCUT2D eigenvalue weighted by molar-refractivity contribution is 0.415. The van der Waals surface area contributed by atoms with Crippen LogP contribution in [0.4, 0.5) is 5.13 Å². The van der Waals surface area contributed by atoms with E-state index < -0.39 is 5.63 Å². The molecular formula is C20H15N3O4S. The van der Waals surface area contributed by atoms with Crippen molar-refractivity contribution >= 4 is 33.7 Å². The summed E-state index contributed by atoms with van der Waals surface area (Å²) in [6.07, 6.45) is 3.08. The van der Waals surface area contributed by atoms with Crippen LogP contribution in [0.3, 0.4) is 0 Å². The molecule has 0 spiro atoms. The Bertz CT molecular complexity index is 1230. The lowest BCUT2D eigenvalue weighted by Gasteiger charge is -2.03. The van der Waals surface area contributed by atoms with Gasteiger partial charge in [-0.05, 0) is 36.4 Å². The molecule has 4 rings (SSSR count). The Morgan fingerprint density at radius 1 is 1.25 bits per heavy atom. The standard InChI is InChI=1S/C20H15N3O4S/c1-26-14-6-7-17-13(8-14)9-15(19(25)27-17)18-11-21-20(28-18)23-22-10-12-4-2-3-5-16(12)24/h2-11,24H,1H3,(H,21,23). The first kappa shape index (κ1) is 17.7. The number of nitrogens with zero attached hydrogens (tertiary/aromatic N) is 2. The monoisotopic (exact) mass is 393 g/mol. The van der Waals surface area contributed by atoms with Crippen LogP contribution in [0, 0.1) is 0 Å². The van der Waals surface area contributed by atoms with Crippen molar-refractivity contribution in [2.45, 2.75) is 0 Å². The molecule has 0 fully saturated rings. The predicted molar refractivity (Wildman–Crippen MR) is 109 cm³/mol. The normalized spacial score (nSPS) is 11.2. The van der Waals surface area contributed by atoms with Gasteiger partial charge in [0.1, 0.15) is 17.1 Å². The molecule has 28 heavy (non-hydrogen) atoms. The molecule has 2 aromatic heterocycles. The Labute approximate surface area is 163 Å². The molecule has 0 saturated carbocycles. The summed E-state index contributed by atoms with van der Waals surface area (Å²) in [6.45, 7) is 0. The van der Waals surface area contributed by atoms with Gasteiger partial charge < -0.3 is 14.3 Å². The van der Waals surface area contributed by atoms with Crippen molar-refractivity contribution in [1.29, 1.82) is 0 Å². The van der Waals surface area contributed by atoms with Crippen LogP contribution < -0.4 is 15.8 Å². The number of hydrogen-bond acceptors (Lipinski definition) is 8. The molecule has 2 N–H and O–H groups in total. The van der Waals surface area contributed by atoms with Crippen molar-refractivity contribution in [2.24, 2.45) is 5.10 Å². The summed E-state index contributed by atoms with van der Waals surface area (Å²) in [4.78, 5) is 17.2. The largest absolute Gasteiger partial charge is 0.507 e. The SMILES string of the molecule is COc1ccc2oc(=O)c(-c3cnc(NN=Cc4ccccc4O)s3)cc2c1. The molecule has 0 amide bonds. The smallest absolute Gasteiger partial charge is 0.345 e. The average molecular weight is 393 g/mol. The van der Waals surface area contributed by atoms with Gasteiger partial charge in [-0.2, -0.15) is 5.10 Å². The van der Waals surface area contributed by atoms with Crippen LogP contribution in [0.1, 0.15) is 5.56 Å². The van der Waals surface area contributed by atoms with Crippen molar-refractivity contribution in [2.75, 3.05) is 12.5 Å². The summed E-state index contributed by atoms with van der Waals surface area (Å²) < 4.78 is 10.6. The molecule has 0 unspecified atom stereocenters. The zero-order valence-corrected chi connectivity index (χ0v) is 15.6. The molecule has 0 aliphatic heterocycles. The Hall–Kier alpha value is -3.65. The summed E-state index contributed by atoms with van der Waals surface area (Å²) in [6, 6.07) is 13.9. The highest BCUT2D eigenvalue weighted by atomic mass is 32.1. The number of aromatic nitrogens is 1. The second kappa shape index (κ2) is 7.53. The van der Waals surface area contributed by atoms with Crippen LogP contribution in [0.2, 0.25) is 0 Å². The van der Waals surface area contributed by atoms with Crippen molar-refractivity contribution in [3.63, 3.8) is 0 Å².